The van der Waals surface area contributed by atoms with E-state index < -0.39 is 132 Å². The third kappa shape index (κ3) is 21.3. The molecule has 1 fully saturated rings. The largest absolute Gasteiger partial charge is 0.382 e. The molecule has 1 heterocycles. The summed E-state index contributed by atoms with van der Waals surface area (Å²) < 4.78 is 0. The van der Waals surface area contributed by atoms with Crippen molar-refractivity contribution in [1.82, 2.24) is 56.8 Å². The number of aliphatic hydroxyl groups excluding tert-OH is 1. The Morgan fingerprint density at radius 1 is 0.567 bits per heavy atom. The first kappa shape index (κ1) is 72.1. The summed E-state index contributed by atoms with van der Waals surface area (Å²) in [5, 5.41) is 30.3. The first-order chi connectivity index (χ1) is 42.8. The Labute approximate surface area is 533 Å². The standard InChI is InChI=1S/C66H89N11O12S/c1-41(2)34-53-62(85)72-51(37-46-28-18-12-19-29-46)65(88)74(6)39-55(78)76(8)54(38-47-30-20-13-21-31-47)61(84)69-42(3)64(87)75(7)43(4)57(80)71-50(36-45-26-16-11-17-27-45)60(83)73-52(40-90)59(82)68-33-23-22-32-49(66(89)77(53)9)70-58(81)48(56(79)63(86)67-5)35-44-24-14-10-15-25-44/h10-21,24-31,41-43,48-54,56,79,90H,22-23,32-40H2,1-9H3,(H,67,86)(H,68,82)(H,69,84)(H,70,81)(H,71,80)(H,72,85)(H,73,83)/t42-,43-,48-,49-,50-,51-,52+,53-,54-,56-/m0/s1. The summed E-state index contributed by atoms with van der Waals surface area (Å²) in [7, 11) is 6.85. The highest BCUT2D eigenvalue weighted by Gasteiger charge is 2.40. The van der Waals surface area contributed by atoms with Crippen LogP contribution in [0.5, 0.6) is 0 Å². The minimum absolute atomic E-state index is 0.00978. The molecular weight excluding hydrogens is 1170 g/mol. The molecule has 23 nitrogen and oxygen atoms in total. The average molecular weight is 1260 g/mol. The summed E-state index contributed by atoms with van der Waals surface area (Å²) in [5.74, 6) is -9.78. The van der Waals surface area contributed by atoms with Crippen molar-refractivity contribution in [1.29, 1.82) is 0 Å². The third-order valence-electron chi connectivity index (χ3n) is 16.0. The number of hydrogen-bond acceptors (Lipinski definition) is 13. The van der Waals surface area contributed by atoms with E-state index in [1.54, 1.807) is 121 Å². The van der Waals surface area contributed by atoms with Gasteiger partial charge >= 0.3 is 0 Å². The molecular formula is C66H89N11O12S. The number of nitrogens with one attached hydrogen (secondary N) is 7. The molecule has 24 heteroatoms. The predicted octanol–water partition coefficient (Wildman–Crippen LogP) is 1.36. The maximum atomic E-state index is 15.1. The molecule has 1 aliphatic heterocycles. The van der Waals surface area contributed by atoms with Crippen LogP contribution in [0, 0.1) is 11.8 Å². The highest BCUT2D eigenvalue weighted by Crippen LogP contribution is 2.20. The number of carbonyl (C=O) groups excluding carboxylic acids is 11. The highest BCUT2D eigenvalue weighted by atomic mass is 32.1. The minimum Gasteiger partial charge on any atom is -0.382 e. The van der Waals surface area contributed by atoms with Gasteiger partial charge in [-0.2, -0.15) is 12.6 Å². The first-order valence-corrected chi connectivity index (χ1v) is 31.0. The quantitative estimate of drug-likeness (QED) is 0.0763. The number of amides is 11. The molecule has 0 saturated carbocycles. The fourth-order valence-corrected chi connectivity index (χ4v) is 10.7. The number of aliphatic hydroxyl groups is 1. The van der Waals surface area contributed by atoms with E-state index in [1.165, 1.54) is 58.9 Å². The van der Waals surface area contributed by atoms with Gasteiger partial charge < -0.3 is 61.9 Å². The van der Waals surface area contributed by atoms with Gasteiger partial charge in [-0.3, -0.25) is 52.7 Å². The molecule has 8 N–H and O–H groups in total. The fraction of sp³-hybridized carbons (Fsp3) is 0.470. The topological polar surface area (TPSA) is 305 Å². The zero-order valence-electron chi connectivity index (χ0n) is 52.9. The van der Waals surface area contributed by atoms with Gasteiger partial charge in [0.1, 0.15) is 54.4 Å². The zero-order valence-corrected chi connectivity index (χ0v) is 53.7. The van der Waals surface area contributed by atoms with Crippen molar-refractivity contribution >= 4 is 77.6 Å². The van der Waals surface area contributed by atoms with E-state index in [9.17, 15) is 53.1 Å². The Hall–Kier alpha value is -8.64. The van der Waals surface area contributed by atoms with Crippen molar-refractivity contribution < 1.29 is 57.8 Å². The number of benzene rings is 4. The van der Waals surface area contributed by atoms with Crippen LogP contribution in [0.25, 0.3) is 0 Å². The average Bonchev–Trinajstić information content (AvgIpc) is 3.57. The Bertz CT molecular complexity index is 3070. The summed E-state index contributed by atoms with van der Waals surface area (Å²) in [5.41, 5.74) is 2.59. The molecule has 4 aromatic rings. The Kier molecular flexibility index (Phi) is 28.5. The molecule has 0 spiro atoms. The second-order valence-corrected chi connectivity index (χ2v) is 23.7. The van der Waals surface area contributed by atoms with Crippen LogP contribution >= 0.6 is 12.6 Å². The molecule has 90 heavy (non-hydrogen) atoms. The van der Waals surface area contributed by atoms with Crippen LogP contribution in [0.1, 0.15) is 75.6 Å². The molecule has 0 aromatic heterocycles. The maximum Gasteiger partial charge on any atom is 0.249 e. The van der Waals surface area contributed by atoms with Gasteiger partial charge in [0.2, 0.25) is 65.0 Å². The van der Waals surface area contributed by atoms with Crippen LogP contribution < -0.4 is 37.2 Å². The van der Waals surface area contributed by atoms with Gasteiger partial charge in [-0.25, -0.2) is 0 Å². The molecule has 0 radical (unpaired) electrons. The van der Waals surface area contributed by atoms with E-state index in [4.69, 9.17) is 0 Å². The lowest BCUT2D eigenvalue weighted by atomic mass is 9.91. The van der Waals surface area contributed by atoms with Crippen LogP contribution in [0.3, 0.4) is 0 Å². The molecule has 486 valence electrons. The first-order valence-electron chi connectivity index (χ1n) is 30.3. The normalized spacial score (nSPS) is 23.1. The Morgan fingerprint density at radius 3 is 1.60 bits per heavy atom. The number of thiol groups is 1. The third-order valence-corrected chi connectivity index (χ3v) is 16.4. The molecule has 0 unspecified atom stereocenters. The molecule has 0 aliphatic carbocycles. The van der Waals surface area contributed by atoms with Crippen molar-refractivity contribution in [2.45, 2.75) is 134 Å². The van der Waals surface area contributed by atoms with Crippen LogP contribution in [-0.4, -0.2) is 198 Å². The summed E-state index contributed by atoms with van der Waals surface area (Å²) >= 11 is 4.37. The number of rotatable bonds is 15. The summed E-state index contributed by atoms with van der Waals surface area (Å²) in [6.07, 6.45) is -1.64. The van der Waals surface area contributed by atoms with E-state index in [1.807, 2.05) is 13.8 Å². The van der Waals surface area contributed by atoms with Crippen molar-refractivity contribution in [3.8, 4) is 0 Å². The van der Waals surface area contributed by atoms with Crippen molar-refractivity contribution in [2.24, 2.45) is 11.8 Å². The highest BCUT2D eigenvalue weighted by molar-refractivity contribution is 7.80. The number of nitrogens with zero attached hydrogens (tertiary/aromatic N) is 4. The second kappa shape index (κ2) is 35.5. The molecule has 0 bridgehead atoms. The van der Waals surface area contributed by atoms with Crippen LogP contribution in [0.2, 0.25) is 0 Å². The molecule has 1 saturated heterocycles. The van der Waals surface area contributed by atoms with Crippen LogP contribution in [-0.2, 0) is 78.4 Å². The molecule has 4 aromatic carbocycles. The monoisotopic (exact) mass is 1260 g/mol. The lowest BCUT2D eigenvalue weighted by Gasteiger charge is -2.34. The number of hydrogen-bond donors (Lipinski definition) is 9. The Balaban J connectivity index is 1.56. The fourth-order valence-electron chi connectivity index (χ4n) is 10.4. The molecule has 10 atom stereocenters. The van der Waals surface area contributed by atoms with Crippen LogP contribution in [0.15, 0.2) is 121 Å². The van der Waals surface area contributed by atoms with E-state index in [-0.39, 0.29) is 69.6 Å². The van der Waals surface area contributed by atoms with Gasteiger partial charge in [0.25, 0.3) is 0 Å². The Morgan fingerprint density at radius 2 is 1.07 bits per heavy atom. The van der Waals surface area contributed by atoms with E-state index in [0.29, 0.717) is 22.3 Å². The summed E-state index contributed by atoms with van der Waals surface area (Å²) in [4.78, 5) is 162. The van der Waals surface area contributed by atoms with E-state index in [0.717, 1.165) is 9.80 Å². The minimum atomic E-state index is -1.85. The zero-order chi connectivity index (χ0) is 66.2. The number of carbonyl (C=O) groups is 11. The van der Waals surface area contributed by atoms with E-state index in [2.05, 4.69) is 49.8 Å². The molecule has 5 rings (SSSR count). The van der Waals surface area contributed by atoms with Gasteiger partial charge in [-0.1, -0.05) is 135 Å². The van der Waals surface area contributed by atoms with Gasteiger partial charge in [-0.15, -0.1) is 0 Å². The van der Waals surface area contributed by atoms with Crippen LogP contribution in [0.4, 0.5) is 0 Å². The van der Waals surface area contributed by atoms with Crippen molar-refractivity contribution in [3.05, 3.63) is 144 Å². The summed E-state index contributed by atoms with van der Waals surface area (Å²) in [6.45, 7) is 5.99. The smallest absolute Gasteiger partial charge is 0.249 e. The predicted molar refractivity (Wildman–Crippen MR) is 343 cm³/mol. The van der Waals surface area contributed by atoms with Gasteiger partial charge in [-0.05, 0) is 74.1 Å². The molecule has 1 aliphatic rings. The molecule has 11 amide bonds. The van der Waals surface area contributed by atoms with Gasteiger partial charge in [0, 0.05) is 66.8 Å². The second-order valence-electron chi connectivity index (χ2n) is 23.3. The lowest BCUT2D eigenvalue weighted by Crippen LogP contribution is -2.59. The van der Waals surface area contributed by atoms with Crippen molar-refractivity contribution in [3.63, 3.8) is 0 Å². The number of likely N-dealkylation sites (N-methyl/N-ethyl adjacent to an activating group) is 5. The maximum absolute atomic E-state index is 15.1. The SMILES string of the molecule is CNC(=O)[C@@H](O)[C@H](Cc1ccccc1)C(=O)N[C@H]1CCCCNC(=O)[C@@H](CS)NC(=O)[C@H](Cc2ccccc2)NC(=O)[C@H](C)N(C)C(=O)[C@H](C)NC(=O)[C@H](Cc2ccccc2)N(C)C(=O)CN(C)C(=O)[C@H](Cc2ccccc2)NC(=O)[C@H](CC(C)C)N(C)C1=O. The lowest BCUT2D eigenvalue weighted by molar-refractivity contribution is -0.146. The van der Waals surface area contributed by atoms with Crippen molar-refractivity contribution in [2.75, 3.05) is 54.1 Å². The summed E-state index contributed by atoms with van der Waals surface area (Å²) in [6, 6.07) is 25.0. The van der Waals surface area contributed by atoms with Gasteiger partial charge in [0.05, 0.1) is 12.5 Å². The van der Waals surface area contributed by atoms with Gasteiger partial charge in [0.15, 0.2) is 0 Å². The van der Waals surface area contributed by atoms with E-state index >= 15 is 4.79 Å².